The van der Waals surface area contributed by atoms with Crippen molar-refractivity contribution in [3.63, 3.8) is 0 Å². The van der Waals surface area contributed by atoms with E-state index in [1.54, 1.807) is 12.1 Å². The van der Waals surface area contributed by atoms with Crippen molar-refractivity contribution in [3.05, 3.63) is 54.3 Å². The highest BCUT2D eigenvalue weighted by Crippen LogP contribution is 2.25. The van der Waals surface area contributed by atoms with Crippen LogP contribution in [0, 0.1) is 0 Å². The molecule has 26 heavy (non-hydrogen) atoms. The Balaban J connectivity index is 1.66. The van der Waals surface area contributed by atoms with Gasteiger partial charge in [-0.05, 0) is 36.8 Å². The van der Waals surface area contributed by atoms with E-state index in [-0.39, 0.29) is 0 Å². The number of hydrogen-bond donors (Lipinski definition) is 3. The molecule has 3 rings (SSSR count). The number of nitrogens with two attached hydrogens (primary N) is 2. The van der Waals surface area contributed by atoms with Crippen LogP contribution in [0.25, 0.3) is 16.7 Å². The number of aromatic nitrogens is 1. The van der Waals surface area contributed by atoms with Crippen molar-refractivity contribution in [2.75, 3.05) is 18.1 Å². The van der Waals surface area contributed by atoms with E-state index in [9.17, 15) is 0 Å². The molecule has 2 aromatic heterocycles. The molecule has 2 heterocycles. The largest absolute Gasteiger partial charge is 0.493 e. The Hall–Kier alpha value is -3.15. The lowest BCUT2D eigenvalue weighted by atomic mass is 10.2. The highest BCUT2D eigenvalue weighted by atomic mass is 16.5. The van der Waals surface area contributed by atoms with Crippen molar-refractivity contribution in [1.29, 1.82) is 0 Å². The first kappa shape index (κ1) is 17.7. The molecule has 0 aliphatic heterocycles. The predicted molar refractivity (Wildman–Crippen MR) is 106 cm³/mol. The van der Waals surface area contributed by atoms with Crippen LogP contribution in [0.2, 0.25) is 0 Å². The lowest BCUT2D eigenvalue weighted by molar-refractivity contribution is 0.309. The molecule has 136 valence electrons. The molecule has 0 amide bonds. The van der Waals surface area contributed by atoms with Gasteiger partial charge in [-0.2, -0.15) is 0 Å². The summed E-state index contributed by atoms with van der Waals surface area (Å²) in [4.78, 5) is 4.04. The van der Waals surface area contributed by atoms with Crippen molar-refractivity contribution < 1.29 is 9.15 Å². The molecule has 6 heteroatoms. The highest BCUT2D eigenvalue weighted by molar-refractivity contribution is 5.79. The molecule has 0 radical (unpaired) electrons. The van der Waals surface area contributed by atoms with Gasteiger partial charge in [0.1, 0.15) is 28.7 Å². The molecule has 0 spiro atoms. The van der Waals surface area contributed by atoms with E-state index in [0.717, 1.165) is 40.9 Å². The number of fused-ring (bicyclic) bond motifs is 1. The van der Waals surface area contributed by atoms with Gasteiger partial charge in [0.05, 0.1) is 13.2 Å². The Morgan fingerprint density at radius 2 is 2.08 bits per heavy atom. The van der Waals surface area contributed by atoms with E-state index in [0.29, 0.717) is 30.5 Å². The van der Waals surface area contributed by atoms with E-state index >= 15 is 0 Å². The van der Waals surface area contributed by atoms with E-state index in [1.165, 1.54) is 0 Å². The molecule has 3 aromatic rings. The second-order valence-corrected chi connectivity index (χ2v) is 6.12. The Morgan fingerprint density at radius 3 is 2.85 bits per heavy atom. The third-order valence-corrected chi connectivity index (χ3v) is 4.06. The topological polar surface area (TPSA) is 99.3 Å². The molecular formula is C20H24N4O2. The first-order valence-electron chi connectivity index (χ1n) is 8.67. The minimum Gasteiger partial charge on any atom is -0.493 e. The fourth-order valence-corrected chi connectivity index (χ4v) is 2.61. The lowest BCUT2D eigenvalue weighted by Crippen LogP contribution is -2.12. The smallest absolute Gasteiger partial charge is 0.138 e. The van der Waals surface area contributed by atoms with E-state index in [4.69, 9.17) is 20.6 Å². The SMILES string of the molecule is C=C(NCc1cc2ccc(OCCCC)cc2o1)c1ccc(N)nc1N. The predicted octanol–water partition coefficient (Wildman–Crippen LogP) is 3.93. The molecule has 0 saturated carbocycles. The quantitative estimate of drug-likeness (QED) is 0.531. The second-order valence-electron chi connectivity index (χ2n) is 6.12. The number of furan rings is 1. The maximum atomic E-state index is 5.90. The number of pyridine rings is 1. The lowest BCUT2D eigenvalue weighted by Gasteiger charge is -2.10. The summed E-state index contributed by atoms with van der Waals surface area (Å²) < 4.78 is 11.6. The second kappa shape index (κ2) is 7.82. The van der Waals surface area contributed by atoms with Gasteiger partial charge in [0, 0.05) is 22.7 Å². The Kier molecular flexibility index (Phi) is 5.31. The van der Waals surface area contributed by atoms with Crippen molar-refractivity contribution in [2.45, 2.75) is 26.3 Å². The fraction of sp³-hybridized carbons (Fsp3) is 0.250. The van der Waals surface area contributed by atoms with Crippen LogP contribution in [-0.4, -0.2) is 11.6 Å². The van der Waals surface area contributed by atoms with Gasteiger partial charge >= 0.3 is 0 Å². The molecule has 0 saturated heterocycles. The van der Waals surface area contributed by atoms with Gasteiger partial charge in [-0.3, -0.25) is 0 Å². The normalized spacial score (nSPS) is 10.8. The number of unbranched alkanes of at least 4 members (excludes halogenated alkanes) is 1. The van der Waals surface area contributed by atoms with Gasteiger partial charge in [-0.25, -0.2) is 4.98 Å². The number of nitrogens with zero attached hydrogens (tertiary/aromatic N) is 1. The fourth-order valence-electron chi connectivity index (χ4n) is 2.61. The molecule has 0 unspecified atom stereocenters. The van der Waals surface area contributed by atoms with Crippen LogP contribution in [-0.2, 0) is 6.54 Å². The van der Waals surface area contributed by atoms with Gasteiger partial charge in [0.25, 0.3) is 0 Å². The summed E-state index contributed by atoms with van der Waals surface area (Å²) in [5.41, 5.74) is 13.7. The molecule has 5 N–H and O–H groups in total. The van der Waals surface area contributed by atoms with E-state index in [2.05, 4.69) is 23.8 Å². The first-order chi connectivity index (χ1) is 12.6. The molecule has 1 aromatic carbocycles. The average Bonchev–Trinajstić information content (AvgIpc) is 3.02. The summed E-state index contributed by atoms with van der Waals surface area (Å²) in [5, 5.41) is 4.24. The number of nitrogen functional groups attached to an aromatic ring is 2. The van der Waals surface area contributed by atoms with Gasteiger partial charge < -0.3 is 25.9 Å². The molecule has 0 aliphatic rings. The van der Waals surface area contributed by atoms with Crippen LogP contribution >= 0.6 is 0 Å². The van der Waals surface area contributed by atoms with Crippen molar-refractivity contribution >= 4 is 28.3 Å². The summed E-state index contributed by atoms with van der Waals surface area (Å²) >= 11 is 0. The van der Waals surface area contributed by atoms with E-state index in [1.807, 2.05) is 24.3 Å². The first-order valence-corrected chi connectivity index (χ1v) is 8.67. The Morgan fingerprint density at radius 1 is 1.23 bits per heavy atom. The van der Waals surface area contributed by atoms with Crippen LogP contribution in [0.1, 0.15) is 31.1 Å². The summed E-state index contributed by atoms with van der Waals surface area (Å²) in [5.74, 6) is 2.35. The number of rotatable bonds is 8. The van der Waals surface area contributed by atoms with Crippen LogP contribution in [0.3, 0.4) is 0 Å². The van der Waals surface area contributed by atoms with Gasteiger partial charge in [0.2, 0.25) is 0 Å². The molecule has 0 aliphatic carbocycles. The minimum atomic E-state index is 0.348. The standard InChI is InChI=1S/C20H24N4O2/c1-3-4-9-25-15-6-5-14-10-16(26-18(14)11-15)12-23-13(2)17-7-8-19(21)24-20(17)22/h5-8,10-11,23H,2-4,9,12H2,1H3,(H4,21,22,24). The van der Waals surface area contributed by atoms with Crippen molar-refractivity contribution in [3.8, 4) is 5.75 Å². The maximum Gasteiger partial charge on any atom is 0.138 e. The molecule has 0 atom stereocenters. The van der Waals surface area contributed by atoms with Gasteiger partial charge in [-0.15, -0.1) is 0 Å². The van der Waals surface area contributed by atoms with Crippen molar-refractivity contribution in [2.24, 2.45) is 0 Å². The summed E-state index contributed by atoms with van der Waals surface area (Å²) in [7, 11) is 0. The third-order valence-electron chi connectivity index (χ3n) is 4.06. The van der Waals surface area contributed by atoms with Crippen LogP contribution in [0.5, 0.6) is 5.75 Å². The third kappa shape index (κ3) is 4.08. The number of benzene rings is 1. The van der Waals surface area contributed by atoms with E-state index < -0.39 is 0 Å². The number of anilines is 2. The summed E-state index contributed by atoms with van der Waals surface area (Å²) in [6.45, 7) is 7.35. The summed E-state index contributed by atoms with van der Waals surface area (Å²) in [6.07, 6.45) is 2.15. The monoisotopic (exact) mass is 352 g/mol. The Labute approximate surface area is 152 Å². The number of hydrogen-bond acceptors (Lipinski definition) is 6. The number of ether oxygens (including phenoxy) is 1. The molecule has 0 bridgehead atoms. The zero-order valence-electron chi connectivity index (χ0n) is 14.9. The molecule has 6 nitrogen and oxygen atoms in total. The molecular weight excluding hydrogens is 328 g/mol. The minimum absolute atomic E-state index is 0.348. The van der Waals surface area contributed by atoms with Crippen LogP contribution < -0.4 is 21.5 Å². The zero-order valence-corrected chi connectivity index (χ0v) is 14.9. The van der Waals surface area contributed by atoms with Crippen LogP contribution in [0.15, 0.2) is 47.4 Å². The van der Waals surface area contributed by atoms with Gasteiger partial charge in [0.15, 0.2) is 0 Å². The van der Waals surface area contributed by atoms with Gasteiger partial charge in [-0.1, -0.05) is 19.9 Å². The maximum absolute atomic E-state index is 5.90. The average molecular weight is 352 g/mol. The number of nitrogens with one attached hydrogen (secondary N) is 1. The highest BCUT2D eigenvalue weighted by Gasteiger charge is 2.08. The van der Waals surface area contributed by atoms with Crippen LogP contribution in [0.4, 0.5) is 11.6 Å². The molecule has 0 fully saturated rings. The Bertz CT molecular complexity index is 917. The van der Waals surface area contributed by atoms with Crippen molar-refractivity contribution in [1.82, 2.24) is 10.3 Å². The zero-order chi connectivity index (χ0) is 18.5. The summed E-state index contributed by atoms with van der Waals surface area (Å²) in [6, 6.07) is 11.4.